The summed E-state index contributed by atoms with van der Waals surface area (Å²) < 4.78 is 0. The smallest absolute Gasteiger partial charge is 0.0705 e. The largest absolute Gasteiger partial charge is 0.324 e. The molecule has 2 aromatic heterocycles. The van der Waals surface area contributed by atoms with Crippen molar-refractivity contribution >= 4 is 10.9 Å². The van der Waals surface area contributed by atoms with Crippen molar-refractivity contribution in [3.8, 4) is 0 Å². The molecule has 3 aromatic rings. The molecule has 0 aliphatic heterocycles. The fraction of sp³-hybridized carbons (Fsp3) is 0.125. The van der Waals surface area contributed by atoms with Crippen LogP contribution in [0, 0.1) is 0 Å². The van der Waals surface area contributed by atoms with Crippen molar-refractivity contribution in [1.29, 1.82) is 0 Å². The average molecular weight is 249 g/mol. The first-order valence-corrected chi connectivity index (χ1v) is 6.33. The Balaban J connectivity index is 1.96. The fourth-order valence-electron chi connectivity index (χ4n) is 2.32. The quantitative estimate of drug-likeness (QED) is 0.776. The summed E-state index contributed by atoms with van der Waals surface area (Å²) in [6.45, 7) is 0. The van der Waals surface area contributed by atoms with E-state index in [9.17, 15) is 0 Å². The molecule has 0 amide bonds. The lowest BCUT2D eigenvalue weighted by Crippen LogP contribution is -2.14. The number of hydrogen-bond acceptors (Lipinski definition) is 3. The highest BCUT2D eigenvalue weighted by Gasteiger charge is 2.10. The number of aromatic nitrogens is 2. The SMILES string of the molecule is NC(Cc1ccncc1)c1ccnc2ccccc12. The third kappa shape index (κ3) is 2.46. The number of pyridine rings is 2. The monoisotopic (exact) mass is 249 g/mol. The second kappa shape index (κ2) is 5.16. The van der Waals surface area contributed by atoms with Crippen LogP contribution in [-0.4, -0.2) is 9.97 Å². The summed E-state index contributed by atoms with van der Waals surface area (Å²) in [7, 11) is 0. The van der Waals surface area contributed by atoms with Gasteiger partial charge in [-0.05, 0) is 41.8 Å². The number of hydrogen-bond donors (Lipinski definition) is 1. The highest BCUT2D eigenvalue weighted by Crippen LogP contribution is 2.23. The number of nitrogens with two attached hydrogens (primary N) is 1. The molecule has 19 heavy (non-hydrogen) atoms. The standard InChI is InChI=1S/C16H15N3/c17-15(11-12-5-8-18-9-6-12)13-7-10-19-16-4-2-1-3-14(13)16/h1-10,15H,11,17H2. The van der Waals surface area contributed by atoms with Gasteiger partial charge >= 0.3 is 0 Å². The van der Waals surface area contributed by atoms with Gasteiger partial charge in [0.05, 0.1) is 5.52 Å². The van der Waals surface area contributed by atoms with Crippen molar-refractivity contribution in [2.75, 3.05) is 0 Å². The second-order valence-corrected chi connectivity index (χ2v) is 4.58. The molecule has 0 saturated carbocycles. The van der Waals surface area contributed by atoms with Crippen LogP contribution < -0.4 is 5.73 Å². The predicted octanol–water partition coefficient (Wildman–Crippen LogP) is 2.87. The van der Waals surface area contributed by atoms with Gasteiger partial charge in [-0.15, -0.1) is 0 Å². The first-order valence-electron chi connectivity index (χ1n) is 6.33. The van der Waals surface area contributed by atoms with E-state index in [0.717, 1.165) is 22.9 Å². The second-order valence-electron chi connectivity index (χ2n) is 4.58. The molecule has 0 fully saturated rings. The van der Waals surface area contributed by atoms with Crippen LogP contribution in [-0.2, 0) is 6.42 Å². The van der Waals surface area contributed by atoms with Gasteiger partial charge in [-0.1, -0.05) is 18.2 Å². The number of rotatable bonds is 3. The minimum absolute atomic E-state index is 0.0321. The highest BCUT2D eigenvalue weighted by molar-refractivity contribution is 5.82. The van der Waals surface area contributed by atoms with Gasteiger partial charge in [0.15, 0.2) is 0 Å². The summed E-state index contributed by atoms with van der Waals surface area (Å²) in [5.74, 6) is 0. The van der Waals surface area contributed by atoms with Crippen LogP contribution in [0.1, 0.15) is 17.2 Å². The van der Waals surface area contributed by atoms with Gasteiger partial charge < -0.3 is 5.73 Å². The molecule has 0 spiro atoms. The zero-order valence-electron chi connectivity index (χ0n) is 10.5. The summed E-state index contributed by atoms with van der Waals surface area (Å²) in [5, 5.41) is 1.13. The third-order valence-corrected chi connectivity index (χ3v) is 3.29. The fourth-order valence-corrected chi connectivity index (χ4v) is 2.32. The van der Waals surface area contributed by atoms with Gasteiger partial charge in [-0.3, -0.25) is 9.97 Å². The van der Waals surface area contributed by atoms with Gasteiger partial charge in [-0.2, -0.15) is 0 Å². The van der Waals surface area contributed by atoms with Gasteiger partial charge in [-0.25, -0.2) is 0 Å². The third-order valence-electron chi connectivity index (χ3n) is 3.29. The van der Waals surface area contributed by atoms with Crippen LogP contribution >= 0.6 is 0 Å². The summed E-state index contributed by atoms with van der Waals surface area (Å²) in [4.78, 5) is 8.39. The molecule has 0 radical (unpaired) electrons. The molecule has 94 valence electrons. The molecule has 3 rings (SSSR count). The number of nitrogens with zero attached hydrogens (tertiary/aromatic N) is 2. The maximum atomic E-state index is 6.34. The molecule has 2 N–H and O–H groups in total. The van der Waals surface area contributed by atoms with E-state index in [0.29, 0.717) is 0 Å². The van der Waals surface area contributed by atoms with Crippen LogP contribution in [0.15, 0.2) is 61.1 Å². The number of para-hydroxylation sites is 1. The van der Waals surface area contributed by atoms with E-state index < -0.39 is 0 Å². The lowest BCUT2D eigenvalue weighted by atomic mass is 9.97. The van der Waals surface area contributed by atoms with Crippen LogP contribution in [0.3, 0.4) is 0 Å². The zero-order valence-corrected chi connectivity index (χ0v) is 10.5. The van der Waals surface area contributed by atoms with Gasteiger partial charge in [0.2, 0.25) is 0 Å². The van der Waals surface area contributed by atoms with Crippen LogP contribution in [0.2, 0.25) is 0 Å². The summed E-state index contributed by atoms with van der Waals surface area (Å²) in [5.41, 5.74) is 9.67. The summed E-state index contributed by atoms with van der Waals surface area (Å²) in [6, 6.07) is 14.1. The minimum atomic E-state index is -0.0321. The Hall–Kier alpha value is -2.26. The molecule has 1 unspecified atom stereocenters. The Morgan fingerprint density at radius 1 is 0.947 bits per heavy atom. The summed E-state index contributed by atoms with van der Waals surface area (Å²) in [6.07, 6.45) is 6.22. The lowest BCUT2D eigenvalue weighted by molar-refractivity contribution is 0.726. The van der Waals surface area contributed by atoms with E-state index in [4.69, 9.17) is 5.73 Å². The lowest BCUT2D eigenvalue weighted by Gasteiger charge is -2.14. The van der Waals surface area contributed by atoms with Crippen molar-refractivity contribution in [3.05, 3.63) is 72.2 Å². The van der Waals surface area contributed by atoms with E-state index in [1.165, 1.54) is 5.56 Å². The number of benzene rings is 1. The van der Waals surface area contributed by atoms with Crippen molar-refractivity contribution < 1.29 is 0 Å². The molecule has 0 saturated heterocycles. The van der Waals surface area contributed by atoms with Crippen LogP contribution in [0.25, 0.3) is 10.9 Å². The van der Waals surface area contributed by atoms with E-state index in [-0.39, 0.29) is 6.04 Å². The van der Waals surface area contributed by atoms with Crippen molar-refractivity contribution in [3.63, 3.8) is 0 Å². The van der Waals surface area contributed by atoms with Gasteiger partial charge in [0.25, 0.3) is 0 Å². The maximum absolute atomic E-state index is 6.34. The first kappa shape index (κ1) is 11.8. The molecule has 1 atom stereocenters. The zero-order chi connectivity index (χ0) is 13.1. The summed E-state index contributed by atoms with van der Waals surface area (Å²) >= 11 is 0. The molecular formula is C16H15N3. The average Bonchev–Trinajstić information content (AvgIpc) is 2.47. The molecule has 1 aromatic carbocycles. The topological polar surface area (TPSA) is 51.8 Å². The van der Waals surface area contributed by atoms with E-state index in [1.807, 2.05) is 42.6 Å². The Kier molecular flexibility index (Phi) is 3.21. The first-order chi connectivity index (χ1) is 9.34. The Morgan fingerprint density at radius 3 is 2.58 bits per heavy atom. The normalized spacial score (nSPS) is 12.5. The van der Waals surface area contributed by atoms with Crippen LogP contribution in [0.4, 0.5) is 0 Å². The Bertz CT molecular complexity index is 674. The predicted molar refractivity (Wildman–Crippen MR) is 76.6 cm³/mol. The minimum Gasteiger partial charge on any atom is -0.324 e. The number of fused-ring (bicyclic) bond motifs is 1. The molecule has 3 nitrogen and oxygen atoms in total. The van der Waals surface area contributed by atoms with Gasteiger partial charge in [0.1, 0.15) is 0 Å². The molecular weight excluding hydrogens is 234 g/mol. The molecule has 3 heteroatoms. The van der Waals surface area contributed by atoms with E-state index >= 15 is 0 Å². The maximum Gasteiger partial charge on any atom is 0.0705 e. The van der Waals surface area contributed by atoms with Crippen molar-refractivity contribution in [1.82, 2.24) is 9.97 Å². The van der Waals surface area contributed by atoms with E-state index in [2.05, 4.69) is 16.0 Å². The molecule has 2 heterocycles. The molecule has 0 aliphatic carbocycles. The molecule has 0 aliphatic rings. The van der Waals surface area contributed by atoms with E-state index in [1.54, 1.807) is 12.4 Å². The van der Waals surface area contributed by atoms with Crippen molar-refractivity contribution in [2.45, 2.75) is 12.5 Å². The van der Waals surface area contributed by atoms with Crippen molar-refractivity contribution in [2.24, 2.45) is 5.73 Å². The highest BCUT2D eigenvalue weighted by atomic mass is 14.7. The Morgan fingerprint density at radius 2 is 1.74 bits per heavy atom. The molecule has 0 bridgehead atoms. The van der Waals surface area contributed by atoms with Gasteiger partial charge in [0, 0.05) is 30.0 Å². The van der Waals surface area contributed by atoms with Crippen LogP contribution in [0.5, 0.6) is 0 Å². The Labute approximate surface area is 112 Å².